The summed E-state index contributed by atoms with van der Waals surface area (Å²) in [6.45, 7) is 4.42. The molecule has 0 fully saturated rings. The molecule has 0 spiro atoms. The van der Waals surface area contributed by atoms with E-state index in [0.29, 0.717) is 36.7 Å². The number of benzene rings is 1. The third kappa shape index (κ3) is 4.52. The molecule has 3 aromatic rings. The van der Waals surface area contributed by atoms with Gasteiger partial charge in [0, 0.05) is 32.5 Å². The maximum Gasteiger partial charge on any atom is 0.258 e. The molecule has 0 saturated carbocycles. The van der Waals surface area contributed by atoms with Crippen molar-refractivity contribution in [2.24, 2.45) is 0 Å². The van der Waals surface area contributed by atoms with Gasteiger partial charge in [0.25, 0.3) is 5.56 Å². The minimum absolute atomic E-state index is 0.0400. The van der Waals surface area contributed by atoms with Crippen LogP contribution in [0.1, 0.15) is 35.3 Å². The first-order valence-electron chi connectivity index (χ1n) is 10.3. The van der Waals surface area contributed by atoms with E-state index in [-0.39, 0.29) is 18.0 Å². The van der Waals surface area contributed by atoms with Gasteiger partial charge in [0.15, 0.2) is 0 Å². The Balaban J connectivity index is 1.51. The highest BCUT2D eigenvalue weighted by Crippen LogP contribution is 2.17. The third-order valence-corrected chi connectivity index (χ3v) is 5.38. The Morgan fingerprint density at radius 2 is 2.03 bits per heavy atom. The molecule has 1 amide bonds. The number of furan rings is 1. The summed E-state index contributed by atoms with van der Waals surface area (Å²) in [5.41, 5.74) is 2.68. The summed E-state index contributed by atoms with van der Waals surface area (Å²) in [5, 5.41) is 2.80. The maximum absolute atomic E-state index is 13.3. The molecule has 4 rings (SSSR count). The van der Waals surface area contributed by atoms with E-state index in [2.05, 4.69) is 22.3 Å². The number of carbonyl (C=O) groups is 1. The lowest BCUT2D eigenvalue weighted by molar-refractivity contribution is -0.122. The number of aromatic nitrogens is 2. The SMILES string of the molecule is CCc1nc2c(c(=O)n1CC(=O)NCc1ccco1)CN(Cc1ccccc1)CC2. The number of fused-ring (bicyclic) bond motifs is 1. The molecule has 0 saturated heterocycles. The molecule has 3 heterocycles. The average Bonchev–Trinajstić information content (AvgIpc) is 3.29. The van der Waals surface area contributed by atoms with Crippen molar-refractivity contribution in [3.63, 3.8) is 0 Å². The molecule has 1 aliphatic heterocycles. The van der Waals surface area contributed by atoms with Gasteiger partial charge in [0.05, 0.1) is 24.1 Å². The topological polar surface area (TPSA) is 80.4 Å². The van der Waals surface area contributed by atoms with Gasteiger partial charge < -0.3 is 9.73 Å². The highest BCUT2D eigenvalue weighted by Gasteiger charge is 2.24. The third-order valence-electron chi connectivity index (χ3n) is 5.38. The zero-order valence-electron chi connectivity index (χ0n) is 17.1. The minimum Gasteiger partial charge on any atom is -0.467 e. The van der Waals surface area contributed by atoms with Gasteiger partial charge in [-0.1, -0.05) is 37.3 Å². The van der Waals surface area contributed by atoms with Crippen molar-refractivity contribution in [3.05, 3.63) is 87.5 Å². The molecule has 2 aromatic heterocycles. The molecule has 0 bridgehead atoms. The summed E-state index contributed by atoms with van der Waals surface area (Å²) in [6, 6.07) is 13.8. The molecule has 0 atom stereocenters. The van der Waals surface area contributed by atoms with Crippen molar-refractivity contribution in [3.8, 4) is 0 Å². The number of amides is 1. The lowest BCUT2D eigenvalue weighted by atomic mass is 10.1. The van der Waals surface area contributed by atoms with Crippen molar-refractivity contribution < 1.29 is 9.21 Å². The monoisotopic (exact) mass is 406 g/mol. The summed E-state index contributed by atoms with van der Waals surface area (Å²) in [6.07, 6.45) is 2.91. The molecule has 1 aliphatic rings. The summed E-state index contributed by atoms with van der Waals surface area (Å²) >= 11 is 0. The van der Waals surface area contributed by atoms with Crippen LogP contribution in [0.3, 0.4) is 0 Å². The van der Waals surface area contributed by atoms with Crippen LogP contribution in [0.2, 0.25) is 0 Å². The summed E-state index contributed by atoms with van der Waals surface area (Å²) in [7, 11) is 0. The Bertz CT molecular complexity index is 1060. The fourth-order valence-corrected chi connectivity index (χ4v) is 3.83. The second-order valence-electron chi connectivity index (χ2n) is 7.50. The molecular weight excluding hydrogens is 380 g/mol. The second kappa shape index (κ2) is 9.09. The quantitative estimate of drug-likeness (QED) is 0.651. The summed E-state index contributed by atoms with van der Waals surface area (Å²) in [5.74, 6) is 1.09. The van der Waals surface area contributed by atoms with E-state index in [0.717, 1.165) is 25.2 Å². The van der Waals surface area contributed by atoms with Gasteiger partial charge in [-0.15, -0.1) is 0 Å². The summed E-state index contributed by atoms with van der Waals surface area (Å²) in [4.78, 5) is 32.7. The summed E-state index contributed by atoms with van der Waals surface area (Å²) < 4.78 is 6.75. The zero-order chi connectivity index (χ0) is 20.9. The fraction of sp³-hybridized carbons (Fsp3) is 0.348. The standard InChI is InChI=1S/C23H26N4O3/c1-2-21-25-20-10-11-26(14-17-7-4-3-5-8-17)15-19(20)23(29)27(21)16-22(28)24-13-18-9-6-12-30-18/h3-9,12H,2,10-11,13-16H2,1H3,(H,24,28). The van der Waals surface area contributed by atoms with E-state index >= 15 is 0 Å². The number of rotatable bonds is 7. The molecule has 30 heavy (non-hydrogen) atoms. The van der Waals surface area contributed by atoms with Crippen LogP contribution in [0, 0.1) is 0 Å². The van der Waals surface area contributed by atoms with Gasteiger partial charge in [-0.05, 0) is 17.7 Å². The second-order valence-corrected chi connectivity index (χ2v) is 7.50. The molecular formula is C23H26N4O3. The lowest BCUT2D eigenvalue weighted by Gasteiger charge is -2.28. The number of nitrogens with zero attached hydrogens (tertiary/aromatic N) is 3. The molecule has 156 valence electrons. The van der Waals surface area contributed by atoms with Gasteiger partial charge in [-0.25, -0.2) is 4.98 Å². The van der Waals surface area contributed by atoms with Crippen molar-refractivity contribution in [1.29, 1.82) is 0 Å². The molecule has 1 N–H and O–H groups in total. The van der Waals surface area contributed by atoms with Gasteiger partial charge in [-0.3, -0.25) is 19.1 Å². The zero-order valence-corrected chi connectivity index (χ0v) is 17.1. The first-order chi connectivity index (χ1) is 14.6. The first-order valence-corrected chi connectivity index (χ1v) is 10.3. The number of hydrogen-bond acceptors (Lipinski definition) is 5. The molecule has 1 aromatic carbocycles. The minimum atomic E-state index is -0.234. The number of hydrogen-bond donors (Lipinski definition) is 1. The van der Waals surface area contributed by atoms with Crippen LogP contribution in [0.15, 0.2) is 57.9 Å². The number of carbonyl (C=O) groups excluding carboxylic acids is 1. The molecule has 0 radical (unpaired) electrons. The Morgan fingerprint density at radius 1 is 1.20 bits per heavy atom. The van der Waals surface area contributed by atoms with Crippen molar-refractivity contribution in [1.82, 2.24) is 19.8 Å². The van der Waals surface area contributed by atoms with E-state index in [1.807, 2.05) is 25.1 Å². The van der Waals surface area contributed by atoms with Crippen LogP contribution < -0.4 is 10.9 Å². The Kier molecular flexibility index (Phi) is 6.09. The highest BCUT2D eigenvalue weighted by atomic mass is 16.3. The maximum atomic E-state index is 13.3. The molecule has 0 aliphatic carbocycles. The van der Waals surface area contributed by atoms with Crippen LogP contribution in [-0.4, -0.2) is 26.9 Å². The molecule has 0 unspecified atom stereocenters. The van der Waals surface area contributed by atoms with E-state index < -0.39 is 0 Å². The van der Waals surface area contributed by atoms with Crippen LogP contribution in [-0.2, 0) is 43.8 Å². The Morgan fingerprint density at radius 3 is 2.77 bits per heavy atom. The van der Waals surface area contributed by atoms with Gasteiger partial charge in [-0.2, -0.15) is 0 Å². The highest BCUT2D eigenvalue weighted by molar-refractivity contribution is 5.75. The predicted octanol–water partition coefficient (Wildman–Crippen LogP) is 2.27. The van der Waals surface area contributed by atoms with Crippen LogP contribution >= 0.6 is 0 Å². The lowest BCUT2D eigenvalue weighted by Crippen LogP contribution is -2.41. The van der Waals surface area contributed by atoms with E-state index in [4.69, 9.17) is 9.40 Å². The van der Waals surface area contributed by atoms with E-state index in [1.54, 1.807) is 18.4 Å². The van der Waals surface area contributed by atoms with E-state index in [9.17, 15) is 9.59 Å². The fourth-order valence-electron chi connectivity index (χ4n) is 3.83. The smallest absolute Gasteiger partial charge is 0.258 e. The average molecular weight is 406 g/mol. The Hall–Kier alpha value is -3.19. The normalized spacial score (nSPS) is 13.8. The largest absolute Gasteiger partial charge is 0.467 e. The van der Waals surface area contributed by atoms with Gasteiger partial charge in [0.2, 0.25) is 5.91 Å². The Labute approximate surface area is 175 Å². The van der Waals surface area contributed by atoms with Gasteiger partial charge in [0.1, 0.15) is 18.1 Å². The predicted molar refractivity (Wildman–Crippen MR) is 113 cm³/mol. The van der Waals surface area contributed by atoms with Gasteiger partial charge >= 0.3 is 0 Å². The van der Waals surface area contributed by atoms with Crippen molar-refractivity contribution >= 4 is 5.91 Å². The first kappa shape index (κ1) is 20.1. The van der Waals surface area contributed by atoms with E-state index in [1.165, 1.54) is 10.1 Å². The van der Waals surface area contributed by atoms with Crippen LogP contribution in [0.25, 0.3) is 0 Å². The van der Waals surface area contributed by atoms with Crippen LogP contribution in [0.4, 0.5) is 0 Å². The van der Waals surface area contributed by atoms with Crippen molar-refractivity contribution in [2.75, 3.05) is 6.54 Å². The van der Waals surface area contributed by atoms with Crippen LogP contribution in [0.5, 0.6) is 0 Å². The number of nitrogens with one attached hydrogen (secondary N) is 1. The molecule has 7 heteroatoms. The number of aryl methyl sites for hydroxylation is 1. The van der Waals surface area contributed by atoms with Crippen molar-refractivity contribution in [2.45, 2.75) is 45.9 Å². The molecule has 7 nitrogen and oxygen atoms in total.